The van der Waals surface area contributed by atoms with Crippen LogP contribution in [0.5, 0.6) is 0 Å². The van der Waals surface area contributed by atoms with Gasteiger partial charge >= 0.3 is 0 Å². The quantitative estimate of drug-likeness (QED) is 0.347. The molecule has 0 saturated carbocycles. The van der Waals surface area contributed by atoms with Gasteiger partial charge in [-0.05, 0) is 35.7 Å². The van der Waals surface area contributed by atoms with Crippen LogP contribution in [0.15, 0.2) is 78.0 Å². The molecule has 6 heteroatoms. The summed E-state index contributed by atoms with van der Waals surface area (Å²) in [5.41, 5.74) is 9.34. The Morgan fingerprint density at radius 3 is 2.44 bits per heavy atom. The van der Waals surface area contributed by atoms with E-state index in [4.69, 9.17) is 5.73 Å². The van der Waals surface area contributed by atoms with Gasteiger partial charge in [0.05, 0.1) is 12.2 Å². The van der Waals surface area contributed by atoms with Gasteiger partial charge in [-0.2, -0.15) is 5.10 Å². The highest BCUT2D eigenvalue weighted by molar-refractivity contribution is 14.0. The molecule has 0 aliphatic heterocycles. The summed E-state index contributed by atoms with van der Waals surface area (Å²) in [5.74, 6) is 0.474. The van der Waals surface area contributed by atoms with E-state index in [1.54, 1.807) is 6.20 Å². The number of aliphatic imine (C=N–C) groups is 1. The van der Waals surface area contributed by atoms with E-state index in [9.17, 15) is 0 Å². The zero-order valence-electron chi connectivity index (χ0n) is 13.9. The Morgan fingerprint density at radius 1 is 1.00 bits per heavy atom. The number of hydrogen-bond acceptors (Lipinski definition) is 2. The molecule has 130 valence electrons. The summed E-state index contributed by atoms with van der Waals surface area (Å²) in [4.78, 5) is 4.38. The van der Waals surface area contributed by atoms with Gasteiger partial charge in [0.1, 0.15) is 0 Å². The average molecular weight is 447 g/mol. The number of rotatable bonds is 6. The van der Waals surface area contributed by atoms with Crippen LogP contribution in [0, 0.1) is 0 Å². The number of nitrogens with one attached hydrogen (secondary N) is 1. The summed E-state index contributed by atoms with van der Waals surface area (Å²) in [6, 6.07) is 20.3. The van der Waals surface area contributed by atoms with E-state index in [0.29, 0.717) is 12.5 Å². The fourth-order valence-corrected chi connectivity index (χ4v) is 2.39. The van der Waals surface area contributed by atoms with Crippen molar-refractivity contribution >= 4 is 29.9 Å². The summed E-state index contributed by atoms with van der Waals surface area (Å²) in [6.07, 6.45) is 4.61. The van der Waals surface area contributed by atoms with Crippen molar-refractivity contribution < 1.29 is 0 Å². The Hall–Kier alpha value is -2.35. The number of nitrogens with two attached hydrogens (primary N) is 1. The first-order valence-corrected chi connectivity index (χ1v) is 7.98. The van der Waals surface area contributed by atoms with E-state index >= 15 is 0 Å². The molecule has 1 aromatic heterocycles. The third kappa shape index (κ3) is 5.90. The van der Waals surface area contributed by atoms with Crippen molar-refractivity contribution in [3.8, 4) is 5.69 Å². The molecule has 1 heterocycles. The molecule has 0 atom stereocenters. The molecule has 0 unspecified atom stereocenters. The van der Waals surface area contributed by atoms with Crippen LogP contribution in [-0.2, 0) is 13.0 Å². The summed E-state index contributed by atoms with van der Waals surface area (Å²) in [5, 5.41) is 7.36. The molecule has 0 radical (unpaired) electrons. The number of benzene rings is 2. The van der Waals surface area contributed by atoms with Crippen LogP contribution in [0.4, 0.5) is 0 Å². The molecule has 3 aromatic rings. The van der Waals surface area contributed by atoms with Crippen molar-refractivity contribution in [3.05, 3.63) is 84.2 Å². The molecule has 5 nitrogen and oxygen atoms in total. The Balaban J connectivity index is 0.00000225. The van der Waals surface area contributed by atoms with E-state index in [1.807, 2.05) is 59.4 Å². The first kappa shape index (κ1) is 19.0. The predicted molar refractivity (Wildman–Crippen MR) is 112 cm³/mol. The minimum absolute atomic E-state index is 0. The number of halogens is 1. The molecule has 3 rings (SSSR count). The molecule has 0 saturated heterocycles. The van der Waals surface area contributed by atoms with E-state index < -0.39 is 0 Å². The first-order chi connectivity index (χ1) is 11.8. The highest BCUT2D eigenvalue weighted by atomic mass is 127. The van der Waals surface area contributed by atoms with Gasteiger partial charge in [0.25, 0.3) is 0 Å². The van der Waals surface area contributed by atoms with Crippen LogP contribution in [0.1, 0.15) is 11.1 Å². The minimum atomic E-state index is 0. The molecular formula is C19H22IN5. The standard InChI is InChI=1S/C19H21N5.HI/c20-19(21-13-11-16-5-2-1-3-6-16)22-15-17-7-9-18(10-8-17)24-14-4-12-23-24;/h1-10,12,14H,11,13,15H2,(H3,20,21,22);1H. The number of aromatic nitrogens is 2. The Bertz CT molecular complexity index is 767. The monoisotopic (exact) mass is 447 g/mol. The minimum Gasteiger partial charge on any atom is -0.370 e. The van der Waals surface area contributed by atoms with Crippen LogP contribution in [0.3, 0.4) is 0 Å². The topological polar surface area (TPSA) is 68.2 Å². The molecule has 0 amide bonds. The predicted octanol–water partition coefficient (Wildman–Crippen LogP) is 3.14. The van der Waals surface area contributed by atoms with Crippen LogP contribution < -0.4 is 11.1 Å². The van der Waals surface area contributed by atoms with E-state index in [2.05, 4.69) is 27.5 Å². The lowest BCUT2D eigenvalue weighted by molar-refractivity contribution is 0.847. The molecule has 0 aliphatic carbocycles. The Labute approximate surface area is 165 Å². The van der Waals surface area contributed by atoms with Gasteiger partial charge in [-0.25, -0.2) is 9.67 Å². The molecule has 3 N–H and O–H groups in total. The third-order valence-electron chi connectivity index (χ3n) is 3.70. The third-order valence-corrected chi connectivity index (χ3v) is 3.70. The molecule has 2 aromatic carbocycles. The summed E-state index contributed by atoms with van der Waals surface area (Å²) in [7, 11) is 0. The highest BCUT2D eigenvalue weighted by Crippen LogP contribution is 2.09. The van der Waals surface area contributed by atoms with E-state index in [0.717, 1.165) is 24.2 Å². The largest absolute Gasteiger partial charge is 0.370 e. The Kier molecular flexibility index (Phi) is 7.46. The van der Waals surface area contributed by atoms with Gasteiger partial charge in [0.15, 0.2) is 5.96 Å². The highest BCUT2D eigenvalue weighted by Gasteiger charge is 1.98. The maximum absolute atomic E-state index is 5.92. The second-order valence-electron chi connectivity index (χ2n) is 5.48. The molecular weight excluding hydrogens is 425 g/mol. The van der Waals surface area contributed by atoms with E-state index in [-0.39, 0.29) is 24.0 Å². The second kappa shape index (κ2) is 9.83. The average Bonchev–Trinajstić information content (AvgIpc) is 3.16. The van der Waals surface area contributed by atoms with Gasteiger partial charge < -0.3 is 11.1 Å². The van der Waals surface area contributed by atoms with E-state index in [1.165, 1.54) is 5.56 Å². The smallest absolute Gasteiger partial charge is 0.188 e. The van der Waals surface area contributed by atoms with Gasteiger partial charge in [-0.3, -0.25) is 0 Å². The fraction of sp³-hybridized carbons (Fsp3) is 0.158. The molecule has 0 fully saturated rings. The molecule has 0 bridgehead atoms. The van der Waals surface area contributed by atoms with Crippen molar-refractivity contribution in [2.75, 3.05) is 6.54 Å². The lowest BCUT2D eigenvalue weighted by Gasteiger charge is -2.06. The van der Waals surface area contributed by atoms with Crippen LogP contribution in [0.2, 0.25) is 0 Å². The van der Waals surface area contributed by atoms with Crippen molar-refractivity contribution in [3.63, 3.8) is 0 Å². The summed E-state index contributed by atoms with van der Waals surface area (Å²) >= 11 is 0. The van der Waals surface area contributed by atoms with Crippen molar-refractivity contribution in [2.24, 2.45) is 10.7 Å². The first-order valence-electron chi connectivity index (χ1n) is 7.98. The van der Waals surface area contributed by atoms with Crippen molar-refractivity contribution in [1.29, 1.82) is 0 Å². The Morgan fingerprint density at radius 2 is 1.76 bits per heavy atom. The number of guanidine groups is 1. The zero-order valence-corrected chi connectivity index (χ0v) is 16.2. The lowest BCUT2D eigenvalue weighted by Crippen LogP contribution is -2.33. The molecule has 25 heavy (non-hydrogen) atoms. The lowest BCUT2D eigenvalue weighted by atomic mass is 10.1. The van der Waals surface area contributed by atoms with Gasteiger partial charge in [-0.1, -0.05) is 42.5 Å². The number of hydrogen-bond donors (Lipinski definition) is 2. The summed E-state index contributed by atoms with van der Waals surface area (Å²) < 4.78 is 1.83. The fourth-order valence-electron chi connectivity index (χ4n) is 2.39. The zero-order chi connectivity index (χ0) is 16.6. The van der Waals surface area contributed by atoms with Crippen LogP contribution in [0.25, 0.3) is 5.69 Å². The van der Waals surface area contributed by atoms with Gasteiger partial charge in [-0.15, -0.1) is 24.0 Å². The maximum atomic E-state index is 5.92. The van der Waals surface area contributed by atoms with Crippen LogP contribution in [-0.4, -0.2) is 22.3 Å². The van der Waals surface area contributed by atoms with Gasteiger partial charge in [0.2, 0.25) is 0 Å². The number of nitrogens with zero attached hydrogens (tertiary/aromatic N) is 3. The van der Waals surface area contributed by atoms with Crippen molar-refractivity contribution in [1.82, 2.24) is 15.1 Å². The maximum Gasteiger partial charge on any atom is 0.188 e. The molecule has 0 spiro atoms. The normalized spacial score (nSPS) is 11.0. The van der Waals surface area contributed by atoms with Gasteiger partial charge in [0, 0.05) is 18.9 Å². The SMILES string of the molecule is I.NC(=NCc1ccc(-n2cccn2)cc1)NCCc1ccccc1. The van der Waals surface area contributed by atoms with Crippen LogP contribution >= 0.6 is 24.0 Å². The summed E-state index contributed by atoms with van der Waals surface area (Å²) in [6.45, 7) is 1.33. The second-order valence-corrected chi connectivity index (χ2v) is 5.48. The van der Waals surface area contributed by atoms with Crippen molar-refractivity contribution in [2.45, 2.75) is 13.0 Å². The molecule has 0 aliphatic rings.